The summed E-state index contributed by atoms with van der Waals surface area (Å²) in [5.41, 5.74) is 4.01. The van der Waals surface area contributed by atoms with Crippen LogP contribution < -0.4 is 0 Å². The van der Waals surface area contributed by atoms with Gasteiger partial charge in [0, 0.05) is 31.6 Å². The van der Waals surface area contributed by atoms with E-state index in [0.717, 1.165) is 10.6 Å². The lowest BCUT2D eigenvalue weighted by atomic mass is 9.87. The zero-order valence-electron chi connectivity index (χ0n) is 23.3. The van der Waals surface area contributed by atoms with Gasteiger partial charge in [0.05, 0.1) is 19.1 Å². The van der Waals surface area contributed by atoms with Gasteiger partial charge >= 0.3 is 5.97 Å². The third kappa shape index (κ3) is 7.96. The van der Waals surface area contributed by atoms with Gasteiger partial charge in [-0.2, -0.15) is 0 Å². The summed E-state index contributed by atoms with van der Waals surface area (Å²) < 4.78 is 18.6. The minimum absolute atomic E-state index is 0.0875. The number of thiazole rings is 1. The van der Waals surface area contributed by atoms with Crippen molar-refractivity contribution in [2.24, 2.45) is 5.92 Å². The molecule has 1 fully saturated rings. The van der Waals surface area contributed by atoms with Crippen LogP contribution in [0.4, 0.5) is 4.39 Å². The Morgan fingerprint density at radius 1 is 1.00 bits per heavy atom. The molecule has 0 N–H and O–H groups in total. The van der Waals surface area contributed by atoms with Crippen LogP contribution >= 0.6 is 11.3 Å². The molecule has 4 rings (SSSR count). The molecule has 0 aliphatic carbocycles. The van der Waals surface area contributed by atoms with E-state index in [1.807, 2.05) is 17.5 Å². The van der Waals surface area contributed by atoms with Crippen LogP contribution in [0.15, 0.2) is 53.9 Å². The molecule has 1 saturated heterocycles. The zero-order chi connectivity index (χ0) is 28.0. The quantitative estimate of drug-likeness (QED) is 0.297. The van der Waals surface area contributed by atoms with Crippen molar-refractivity contribution in [2.45, 2.75) is 65.6 Å². The van der Waals surface area contributed by atoms with Crippen molar-refractivity contribution in [1.82, 2.24) is 14.8 Å². The summed E-state index contributed by atoms with van der Waals surface area (Å²) >= 11 is 1.48. The van der Waals surface area contributed by atoms with Crippen LogP contribution in [-0.4, -0.2) is 46.4 Å². The number of halogens is 1. The number of amides is 1. The van der Waals surface area contributed by atoms with Crippen LogP contribution in [0.1, 0.15) is 72.7 Å². The number of carbonyl (C=O) groups is 2. The summed E-state index contributed by atoms with van der Waals surface area (Å²) in [6, 6.07) is 15.3. The standard InChI is InChI=1S/C31H38FN3O3S/c1-5-38-30(37)24-14-16-35(17-15-24)29(36)27-21-39-28(33-27)20-34(19-23-8-12-26(32)13-9-23)18-22-6-10-25(11-7-22)31(2,3)4/h6-13,21,24H,5,14-20H2,1-4H3. The van der Waals surface area contributed by atoms with Crippen molar-refractivity contribution in [3.8, 4) is 0 Å². The second-order valence-electron chi connectivity index (χ2n) is 11.2. The number of piperidine rings is 1. The van der Waals surface area contributed by atoms with Crippen LogP contribution in [0.3, 0.4) is 0 Å². The molecule has 8 heteroatoms. The van der Waals surface area contributed by atoms with Crippen molar-refractivity contribution >= 4 is 23.2 Å². The summed E-state index contributed by atoms with van der Waals surface area (Å²) in [6.45, 7) is 11.7. The first-order valence-corrected chi connectivity index (χ1v) is 14.5. The monoisotopic (exact) mass is 551 g/mol. The molecule has 39 heavy (non-hydrogen) atoms. The number of benzene rings is 2. The maximum Gasteiger partial charge on any atom is 0.309 e. The summed E-state index contributed by atoms with van der Waals surface area (Å²) in [6.07, 6.45) is 1.22. The van der Waals surface area contributed by atoms with E-state index in [2.05, 4.69) is 54.9 Å². The van der Waals surface area contributed by atoms with Crippen LogP contribution in [-0.2, 0) is 34.6 Å². The highest BCUT2D eigenvalue weighted by atomic mass is 32.1. The molecule has 1 aliphatic heterocycles. The van der Waals surface area contributed by atoms with E-state index >= 15 is 0 Å². The number of aromatic nitrogens is 1. The molecule has 0 bridgehead atoms. The summed E-state index contributed by atoms with van der Waals surface area (Å²) in [5, 5.41) is 2.68. The SMILES string of the molecule is CCOC(=O)C1CCN(C(=O)c2csc(CN(Cc3ccc(F)cc3)Cc3ccc(C(C)(C)C)cc3)n2)CC1. The third-order valence-electron chi connectivity index (χ3n) is 7.08. The number of hydrogen-bond acceptors (Lipinski definition) is 6. The minimum atomic E-state index is -0.252. The molecule has 1 aliphatic rings. The number of esters is 1. The van der Waals surface area contributed by atoms with E-state index in [0.29, 0.717) is 57.9 Å². The van der Waals surface area contributed by atoms with E-state index in [1.165, 1.54) is 34.6 Å². The van der Waals surface area contributed by atoms with Crippen molar-refractivity contribution in [2.75, 3.05) is 19.7 Å². The van der Waals surface area contributed by atoms with Gasteiger partial charge in [-0.15, -0.1) is 11.3 Å². The highest BCUT2D eigenvalue weighted by Gasteiger charge is 2.29. The molecular formula is C31H38FN3O3S. The highest BCUT2D eigenvalue weighted by molar-refractivity contribution is 7.09. The molecule has 2 aromatic carbocycles. The van der Waals surface area contributed by atoms with Gasteiger partial charge in [0.1, 0.15) is 16.5 Å². The Bertz CT molecular complexity index is 1240. The molecule has 0 unspecified atom stereocenters. The predicted octanol–water partition coefficient (Wildman–Crippen LogP) is 6.20. The second-order valence-corrected chi connectivity index (χ2v) is 12.1. The fourth-order valence-corrected chi connectivity index (χ4v) is 5.61. The highest BCUT2D eigenvalue weighted by Crippen LogP contribution is 2.25. The third-order valence-corrected chi connectivity index (χ3v) is 7.91. The fraction of sp³-hybridized carbons (Fsp3) is 0.452. The summed E-state index contributed by atoms with van der Waals surface area (Å²) in [5.74, 6) is -0.660. The van der Waals surface area contributed by atoms with E-state index in [9.17, 15) is 14.0 Å². The lowest BCUT2D eigenvalue weighted by Gasteiger charge is -2.30. The molecule has 3 aromatic rings. The molecule has 0 saturated carbocycles. The van der Waals surface area contributed by atoms with Gasteiger partial charge in [-0.05, 0) is 54.0 Å². The number of hydrogen-bond donors (Lipinski definition) is 0. The Kier molecular flexibility index (Phi) is 9.51. The van der Waals surface area contributed by atoms with Crippen molar-refractivity contribution < 1.29 is 18.7 Å². The maximum absolute atomic E-state index is 13.5. The van der Waals surface area contributed by atoms with Gasteiger partial charge in [-0.3, -0.25) is 14.5 Å². The van der Waals surface area contributed by atoms with Crippen LogP contribution in [0, 0.1) is 11.7 Å². The van der Waals surface area contributed by atoms with Crippen LogP contribution in [0.25, 0.3) is 0 Å². The van der Waals surface area contributed by atoms with Crippen molar-refractivity contribution in [1.29, 1.82) is 0 Å². The fourth-order valence-electron chi connectivity index (χ4n) is 4.80. The first-order chi connectivity index (χ1) is 18.6. The Morgan fingerprint density at radius 3 is 2.15 bits per heavy atom. The largest absolute Gasteiger partial charge is 0.466 e. The summed E-state index contributed by atoms with van der Waals surface area (Å²) in [4.78, 5) is 33.9. The van der Waals surface area contributed by atoms with E-state index in [1.54, 1.807) is 11.8 Å². The molecule has 1 aromatic heterocycles. The maximum atomic E-state index is 13.5. The lowest BCUT2D eigenvalue weighted by Crippen LogP contribution is -2.40. The van der Waals surface area contributed by atoms with Gasteiger partial charge < -0.3 is 9.64 Å². The Hall–Kier alpha value is -3.10. The molecule has 2 heterocycles. The number of likely N-dealkylation sites (tertiary alicyclic amines) is 1. The Balaban J connectivity index is 1.43. The molecule has 0 atom stereocenters. The van der Waals surface area contributed by atoms with Crippen LogP contribution in [0.5, 0.6) is 0 Å². The van der Waals surface area contributed by atoms with Gasteiger partial charge in [0.25, 0.3) is 5.91 Å². The minimum Gasteiger partial charge on any atom is -0.466 e. The van der Waals surface area contributed by atoms with E-state index in [4.69, 9.17) is 4.74 Å². The average molecular weight is 552 g/mol. The number of carbonyl (C=O) groups excluding carboxylic acids is 2. The zero-order valence-corrected chi connectivity index (χ0v) is 24.1. The van der Waals surface area contributed by atoms with Crippen molar-refractivity contribution in [3.63, 3.8) is 0 Å². The first kappa shape index (κ1) is 28.9. The Morgan fingerprint density at radius 2 is 1.59 bits per heavy atom. The van der Waals surface area contributed by atoms with Crippen molar-refractivity contribution in [3.05, 3.63) is 87.1 Å². The topological polar surface area (TPSA) is 62.7 Å². The molecule has 1 amide bonds. The molecule has 0 spiro atoms. The second kappa shape index (κ2) is 12.8. The van der Waals surface area contributed by atoms with Gasteiger partial charge in [0.15, 0.2) is 0 Å². The van der Waals surface area contributed by atoms with E-state index in [-0.39, 0.29) is 29.0 Å². The van der Waals surface area contributed by atoms with E-state index < -0.39 is 0 Å². The molecular weight excluding hydrogens is 513 g/mol. The molecule has 208 valence electrons. The molecule has 6 nitrogen and oxygen atoms in total. The lowest BCUT2D eigenvalue weighted by molar-refractivity contribution is -0.149. The normalized spacial score (nSPS) is 14.6. The number of nitrogens with zero attached hydrogens (tertiary/aromatic N) is 3. The predicted molar refractivity (Wildman–Crippen MR) is 152 cm³/mol. The number of ether oxygens (including phenoxy) is 1. The summed E-state index contributed by atoms with van der Waals surface area (Å²) in [7, 11) is 0. The van der Waals surface area contributed by atoms with Gasteiger partial charge in [-0.1, -0.05) is 57.2 Å². The van der Waals surface area contributed by atoms with Gasteiger partial charge in [-0.25, -0.2) is 9.37 Å². The Labute approximate surface area is 234 Å². The average Bonchev–Trinajstić information content (AvgIpc) is 3.38. The van der Waals surface area contributed by atoms with Gasteiger partial charge in [0.2, 0.25) is 0 Å². The first-order valence-electron chi connectivity index (χ1n) is 13.6. The molecule has 0 radical (unpaired) electrons. The van der Waals surface area contributed by atoms with Crippen LogP contribution in [0.2, 0.25) is 0 Å². The number of rotatable bonds is 9. The smallest absolute Gasteiger partial charge is 0.309 e.